The quantitative estimate of drug-likeness (QED) is 0.412. The lowest BCUT2D eigenvalue weighted by atomic mass is 10.1. The number of fused-ring (bicyclic) bond motifs is 1. The smallest absolute Gasteiger partial charge is 0.410 e. The number of ether oxygens (including phenoxy) is 2. The molecule has 4 heterocycles. The number of pyridine rings is 1. The zero-order valence-corrected chi connectivity index (χ0v) is 20.2. The van der Waals surface area contributed by atoms with Crippen molar-refractivity contribution in [2.24, 2.45) is 0 Å². The number of para-hydroxylation sites is 1. The largest absolute Gasteiger partial charge is 0.444 e. The average Bonchev–Trinajstić information content (AvgIpc) is 3.45. The number of hydrogen-bond donors (Lipinski definition) is 1. The molecule has 1 amide bonds. The van der Waals surface area contributed by atoms with Crippen LogP contribution in [0.5, 0.6) is 11.6 Å². The second-order valence-corrected chi connectivity index (χ2v) is 9.52. The Bertz CT molecular complexity index is 1420. The number of aromatic nitrogens is 5. The van der Waals surface area contributed by atoms with Crippen LogP contribution in [0.3, 0.4) is 0 Å². The van der Waals surface area contributed by atoms with Crippen molar-refractivity contribution in [2.45, 2.75) is 38.8 Å². The first kappa shape index (κ1) is 23.5. The van der Waals surface area contributed by atoms with Gasteiger partial charge in [0.15, 0.2) is 5.65 Å². The number of halogens is 1. The van der Waals surface area contributed by atoms with Crippen molar-refractivity contribution in [1.29, 1.82) is 0 Å². The number of likely N-dealkylation sites (tertiary alicyclic amines) is 1. The maximum absolute atomic E-state index is 15.2. The third-order valence-electron chi connectivity index (χ3n) is 5.72. The standard InChI is InChI=1S/C25H26FN7O3/c1-25(2,3)36-24(34)32-12-11-15(13-32)33-23-19(22(27)28-14-29-23)20(31-33)17-9-10-18(30-21(17)26)35-16-7-5-4-6-8-16/h4-10,14-15H,11-13H2,1-3H3,(H2,27,28,29)/t15-/m1/s1. The summed E-state index contributed by atoms with van der Waals surface area (Å²) >= 11 is 0. The molecule has 1 aliphatic heterocycles. The second-order valence-electron chi connectivity index (χ2n) is 9.52. The van der Waals surface area contributed by atoms with Gasteiger partial charge < -0.3 is 20.1 Å². The Kier molecular flexibility index (Phi) is 5.91. The lowest BCUT2D eigenvalue weighted by Crippen LogP contribution is -2.35. The maximum atomic E-state index is 15.2. The van der Waals surface area contributed by atoms with Gasteiger partial charge in [-0.3, -0.25) is 0 Å². The molecule has 0 saturated carbocycles. The summed E-state index contributed by atoms with van der Waals surface area (Å²) in [5.74, 6) is 0.0618. The highest BCUT2D eigenvalue weighted by Crippen LogP contribution is 2.35. The minimum Gasteiger partial charge on any atom is -0.444 e. The predicted octanol–water partition coefficient (Wildman–Crippen LogP) is 4.58. The van der Waals surface area contributed by atoms with Crippen LogP contribution < -0.4 is 10.5 Å². The number of hydrogen-bond acceptors (Lipinski definition) is 8. The first-order valence-corrected chi connectivity index (χ1v) is 11.6. The van der Waals surface area contributed by atoms with Crippen LogP contribution in [0.15, 0.2) is 48.8 Å². The molecule has 1 fully saturated rings. The van der Waals surface area contributed by atoms with Crippen LogP contribution in [-0.4, -0.2) is 54.4 Å². The summed E-state index contributed by atoms with van der Waals surface area (Å²) in [5, 5.41) is 5.10. The van der Waals surface area contributed by atoms with E-state index in [9.17, 15) is 4.79 Å². The number of nitrogen functional groups attached to an aromatic ring is 1. The summed E-state index contributed by atoms with van der Waals surface area (Å²) in [6.45, 7) is 6.34. The van der Waals surface area contributed by atoms with Crippen molar-refractivity contribution in [3.05, 3.63) is 54.7 Å². The number of rotatable bonds is 4. The minimum atomic E-state index is -0.764. The molecule has 5 rings (SSSR count). The molecule has 186 valence electrons. The number of amides is 1. The van der Waals surface area contributed by atoms with Gasteiger partial charge in [-0.1, -0.05) is 18.2 Å². The fourth-order valence-corrected chi connectivity index (χ4v) is 4.13. The predicted molar refractivity (Wildman–Crippen MR) is 131 cm³/mol. The fourth-order valence-electron chi connectivity index (χ4n) is 4.13. The molecule has 0 bridgehead atoms. The number of nitrogens with zero attached hydrogens (tertiary/aromatic N) is 6. The SMILES string of the molecule is CC(C)(C)OC(=O)N1CC[C@@H](n2nc(-c3ccc(Oc4ccccc4)nc3F)c3c(N)ncnc32)C1. The summed E-state index contributed by atoms with van der Waals surface area (Å²) in [6, 6.07) is 11.9. The first-order chi connectivity index (χ1) is 17.2. The van der Waals surface area contributed by atoms with Crippen LogP contribution in [-0.2, 0) is 4.74 Å². The van der Waals surface area contributed by atoms with E-state index in [1.165, 1.54) is 6.33 Å². The summed E-state index contributed by atoms with van der Waals surface area (Å²) < 4.78 is 28.0. The van der Waals surface area contributed by atoms with E-state index < -0.39 is 11.5 Å². The van der Waals surface area contributed by atoms with Gasteiger partial charge in [0.2, 0.25) is 11.8 Å². The molecule has 4 aromatic rings. The summed E-state index contributed by atoms with van der Waals surface area (Å²) in [5.41, 5.74) is 6.45. The monoisotopic (exact) mass is 491 g/mol. The van der Waals surface area contributed by atoms with Crippen LogP contribution in [0.1, 0.15) is 33.2 Å². The van der Waals surface area contributed by atoms with E-state index in [0.717, 1.165) is 0 Å². The van der Waals surface area contributed by atoms with Crippen LogP contribution in [0, 0.1) is 5.95 Å². The Morgan fingerprint density at radius 2 is 1.92 bits per heavy atom. The molecule has 1 aromatic carbocycles. The molecule has 3 aromatic heterocycles. The van der Waals surface area contributed by atoms with Gasteiger partial charge in [0, 0.05) is 19.2 Å². The minimum absolute atomic E-state index is 0.110. The molecule has 36 heavy (non-hydrogen) atoms. The van der Waals surface area contributed by atoms with Crippen molar-refractivity contribution >= 4 is 22.9 Å². The number of carbonyl (C=O) groups excluding carboxylic acids is 1. The third-order valence-corrected chi connectivity index (χ3v) is 5.72. The normalized spacial score (nSPS) is 15.9. The van der Waals surface area contributed by atoms with Crippen molar-refractivity contribution in [1.82, 2.24) is 29.6 Å². The fraction of sp³-hybridized carbons (Fsp3) is 0.320. The van der Waals surface area contributed by atoms with Crippen molar-refractivity contribution in [2.75, 3.05) is 18.8 Å². The molecule has 0 aliphatic carbocycles. The Morgan fingerprint density at radius 1 is 1.14 bits per heavy atom. The molecule has 1 saturated heterocycles. The van der Waals surface area contributed by atoms with Crippen LogP contribution in [0.25, 0.3) is 22.3 Å². The van der Waals surface area contributed by atoms with Gasteiger partial charge in [0.05, 0.1) is 17.0 Å². The molecule has 0 unspecified atom stereocenters. The van der Waals surface area contributed by atoms with E-state index in [-0.39, 0.29) is 35.1 Å². The Balaban J connectivity index is 1.47. The first-order valence-electron chi connectivity index (χ1n) is 11.6. The summed E-state index contributed by atoms with van der Waals surface area (Å²) in [6.07, 6.45) is 1.58. The summed E-state index contributed by atoms with van der Waals surface area (Å²) in [4.78, 5) is 26.6. The van der Waals surface area contributed by atoms with E-state index in [1.54, 1.807) is 33.8 Å². The van der Waals surface area contributed by atoms with E-state index in [1.807, 2.05) is 39.0 Å². The van der Waals surface area contributed by atoms with E-state index in [2.05, 4.69) is 20.1 Å². The van der Waals surface area contributed by atoms with Crippen molar-refractivity contribution in [3.8, 4) is 22.9 Å². The van der Waals surface area contributed by atoms with Crippen molar-refractivity contribution in [3.63, 3.8) is 0 Å². The van der Waals surface area contributed by atoms with Gasteiger partial charge >= 0.3 is 6.09 Å². The van der Waals surface area contributed by atoms with Gasteiger partial charge in [-0.2, -0.15) is 14.5 Å². The molecule has 1 atom stereocenters. The molecule has 2 N–H and O–H groups in total. The topological polar surface area (TPSA) is 121 Å². The van der Waals surface area contributed by atoms with E-state index >= 15 is 4.39 Å². The van der Waals surface area contributed by atoms with Gasteiger partial charge in [-0.15, -0.1) is 0 Å². The highest BCUT2D eigenvalue weighted by atomic mass is 19.1. The number of anilines is 1. The zero-order chi connectivity index (χ0) is 25.4. The summed E-state index contributed by atoms with van der Waals surface area (Å²) in [7, 11) is 0. The lowest BCUT2D eigenvalue weighted by Gasteiger charge is -2.24. The van der Waals surface area contributed by atoms with E-state index in [4.69, 9.17) is 15.2 Å². The maximum Gasteiger partial charge on any atom is 0.410 e. The van der Waals surface area contributed by atoms with Gasteiger partial charge in [-0.25, -0.2) is 19.4 Å². The molecule has 0 radical (unpaired) electrons. The highest BCUT2D eigenvalue weighted by Gasteiger charge is 2.33. The molecule has 0 spiro atoms. The third kappa shape index (κ3) is 4.64. The zero-order valence-electron chi connectivity index (χ0n) is 20.2. The lowest BCUT2D eigenvalue weighted by molar-refractivity contribution is 0.0288. The van der Waals surface area contributed by atoms with Crippen LogP contribution in [0.4, 0.5) is 15.0 Å². The highest BCUT2D eigenvalue weighted by molar-refractivity contribution is 5.98. The number of benzene rings is 1. The molecular formula is C25H26FN7O3. The Hall–Kier alpha value is -4.28. The Labute approximate surface area is 206 Å². The average molecular weight is 492 g/mol. The second kappa shape index (κ2) is 9.06. The van der Waals surface area contributed by atoms with Crippen LogP contribution in [0.2, 0.25) is 0 Å². The van der Waals surface area contributed by atoms with Crippen molar-refractivity contribution < 1.29 is 18.7 Å². The molecule has 11 heteroatoms. The number of nitrogens with two attached hydrogens (primary N) is 1. The number of carbonyl (C=O) groups is 1. The van der Waals surface area contributed by atoms with Gasteiger partial charge in [0.1, 0.15) is 29.2 Å². The molecule has 10 nitrogen and oxygen atoms in total. The molecular weight excluding hydrogens is 465 g/mol. The van der Waals surface area contributed by atoms with Gasteiger partial charge in [0.25, 0.3) is 0 Å². The Morgan fingerprint density at radius 3 is 2.64 bits per heavy atom. The van der Waals surface area contributed by atoms with Gasteiger partial charge in [-0.05, 0) is 45.4 Å². The van der Waals surface area contributed by atoms with E-state index in [0.29, 0.717) is 36.3 Å². The molecule has 1 aliphatic rings. The van der Waals surface area contributed by atoms with Crippen LogP contribution >= 0.6 is 0 Å².